The Bertz CT molecular complexity index is 276. The van der Waals surface area contributed by atoms with E-state index in [0.29, 0.717) is 11.7 Å². The molecule has 1 saturated carbocycles. The Labute approximate surface area is 72.4 Å². The normalized spacial score (nSPS) is 22.0. The number of Topliss-reactive ketones (excluding diaryl/α,β-unsaturated/α-hetero) is 1. The Morgan fingerprint density at radius 1 is 1.25 bits per heavy atom. The van der Waals surface area contributed by atoms with Gasteiger partial charge in [0.25, 0.3) is 0 Å². The average Bonchev–Trinajstić information content (AvgIpc) is 2.14. The molecule has 0 N–H and O–H groups in total. The maximum absolute atomic E-state index is 11.0. The molecule has 1 aliphatic carbocycles. The van der Waals surface area contributed by atoms with Crippen molar-refractivity contribution in [3.8, 4) is 0 Å². The molecule has 0 amide bonds. The van der Waals surface area contributed by atoms with Gasteiger partial charge in [0, 0.05) is 12.3 Å². The van der Waals surface area contributed by atoms with Crippen molar-refractivity contribution in [1.82, 2.24) is 0 Å². The molecule has 0 unspecified atom stereocenters. The fraction of sp³-hybridized carbons (Fsp3) is 0.364. The number of carbonyl (C=O) groups is 1. The van der Waals surface area contributed by atoms with Crippen LogP contribution in [0.2, 0.25) is 0 Å². The molecule has 1 heteroatoms. The van der Waals surface area contributed by atoms with Gasteiger partial charge in [-0.2, -0.15) is 0 Å². The molecule has 0 spiro atoms. The maximum atomic E-state index is 11.0. The van der Waals surface area contributed by atoms with Crippen LogP contribution in [0.4, 0.5) is 0 Å². The minimum absolute atomic E-state index is 0.326. The highest BCUT2D eigenvalue weighted by Crippen LogP contribution is 2.25. The average molecular weight is 160 g/mol. The molecule has 62 valence electrons. The van der Waals surface area contributed by atoms with E-state index < -0.39 is 0 Å². The smallest absolute Gasteiger partial charge is 0.136 e. The van der Waals surface area contributed by atoms with Crippen molar-refractivity contribution in [3.05, 3.63) is 35.9 Å². The van der Waals surface area contributed by atoms with Crippen LogP contribution in [0.1, 0.15) is 18.4 Å². The van der Waals surface area contributed by atoms with Gasteiger partial charge in [-0.1, -0.05) is 30.3 Å². The molecule has 1 aliphatic rings. The lowest BCUT2D eigenvalue weighted by Gasteiger charge is -2.23. The summed E-state index contributed by atoms with van der Waals surface area (Å²) in [4.78, 5) is 11.0. The first-order chi connectivity index (χ1) is 5.86. The Morgan fingerprint density at radius 2 is 2.00 bits per heavy atom. The van der Waals surface area contributed by atoms with Crippen molar-refractivity contribution in [2.24, 2.45) is 5.92 Å². The number of carbonyl (C=O) groups excluding carboxylic acids is 1. The van der Waals surface area contributed by atoms with Crippen LogP contribution < -0.4 is 0 Å². The predicted octanol–water partition coefficient (Wildman–Crippen LogP) is 2.21. The fourth-order valence-electron chi connectivity index (χ4n) is 1.58. The molecule has 0 aromatic heterocycles. The second kappa shape index (κ2) is 3.10. The molecule has 1 nitrogen and oxygen atoms in total. The third-order valence-corrected chi connectivity index (χ3v) is 2.52. The van der Waals surface area contributed by atoms with Gasteiger partial charge in [0.2, 0.25) is 0 Å². The van der Waals surface area contributed by atoms with Gasteiger partial charge >= 0.3 is 0 Å². The van der Waals surface area contributed by atoms with Crippen molar-refractivity contribution in [1.29, 1.82) is 0 Å². The zero-order chi connectivity index (χ0) is 8.39. The van der Waals surface area contributed by atoms with Crippen LogP contribution in [0, 0.1) is 5.92 Å². The van der Waals surface area contributed by atoms with Gasteiger partial charge in [0.1, 0.15) is 5.78 Å². The van der Waals surface area contributed by atoms with Crippen molar-refractivity contribution in [2.45, 2.75) is 19.3 Å². The molecule has 1 atom stereocenters. The van der Waals surface area contributed by atoms with Crippen LogP contribution >= 0.6 is 0 Å². The van der Waals surface area contributed by atoms with E-state index in [0.717, 1.165) is 19.3 Å². The summed E-state index contributed by atoms with van der Waals surface area (Å²) in [5.74, 6) is 0.770. The Morgan fingerprint density at radius 3 is 2.50 bits per heavy atom. The number of hydrogen-bond acceptors (Lipinski definition) is 1. The maximum Gasteiger partial charge on any atom is 0.136 e. The first-order valence-electron chi connectivity index (χ1n) is 4.43. The van der Waals surface area contributed by atoms with Crippen LogP contribution in [0.25, 0.3) is 0 Å². The Kier molecular flexibility index (Phi) is 1.94. The van der Waals surface area contributed by atoms with Crippen LogP contribution in [0.15, 0.2) is 30.3 Å². The number of rotatable bonds is 2. The standard InChI is InChI=1S/C11H12O/c12-11-7-6-10(11)8-9-4-2-1-3-5-9/h1-5,10H,6-8H2/t10-/m0/s1. The third-order valence-electron chi connectivity index (χ3n) is 2.52. The minimum atomic E-state index is 0.326. The van der Waals surface area contributed by atoms with Gasteiger partial charge in [0.15, 0.2) is 0 Å². The van der Waals surface area contributed by atoms with Gasteiger partial charge in [-0.15, -0.1) is 0 Å². The second-order valence-electron chi connectivity index (χ2n) is 3.39. The lowest BCUT2D eigenvalue weighted by atomic mass is 9.79. The quantitative estimate of drug-likeness (QED) is 0.648. The summed E-state index contributed by atoms with van der Waals surface area (Å²) in [5, 5.41) is 0. The molecule has 0 bridgehead atoms. The summed E-state index contributed by atoms with van der Waals surface area (Å²) >= 11 is 0. The molecule has 1 fully saturated rings. The topological polar surface area (TPSA) is 17.1 Å². The lowest BCUT2D eigenvalue weighted by Crippen LogP contribution is -2.27. The van der Waals surface area contributed by atoms with E-state index in [1.165, 1.54) is 5.56 Å². The van der Waals surface area contributed by atoms with Gasteiger partial charge in [-0.05, 0) is 18.4 Å². The van der Waals surface area contributed by atoms with Gasteiger partial charge in [-0.3, -0.25) is 4.79 Å². The van der Waals surface area contributed by atoms with Gasteiger partial charge in [0.05, 0.1) is 0 Å². The van der Waals surface area contributed by atoms with Crippen molar-refractivity contribution >= 4 is 5.78 Å². The van der Waals surface area contributed by atoms with E-state index >= 15 is 0 Å². The summed E-state index contributed by atoms with van der Waals surface area (Å²) in [7, 11) is 0. The summed E-state index contributed by atoms with van der Waals surface area (Å²) in [5.41, 5.74) is 1.29. The van der Waals surface area contributed by atoms with Gasteiger partial charge in [-0.25, -0.2) is 0 Å². The summed E-state index contributed by atoms with van der Waals surface area (Å²) in [6.45, 7) is 0. The zero-order valence-corrected chi connectivity index (χ0v) is 6.99. The Hall–Kier alpha value is -1.11. The van der Waals surface area contributed by atoms with E-state index in [-0.39, 0.29) is 0 Å². The highest BCUT2D eigenvalue weighted by molar-refractivity contribution is 5.86. The van der Waals surface area contributed by atoms with Crippen LogP contribution in [-0.4, -0.2) is 5.78 Å². The molecule has 0 saturated heterocycles. The number of benzene rings is 1. The summed E-state index contributed by atoms with van der Waals surface area (Å²) in [6.07, 6.45) is 2.84. The first-order valence-corrected chi connectivity index (χ1v) is 4.43. The molecular weight excluding hydrogens is 148 g/mol. The molecule has 2 rings (SSSR count). The largest absolute Gasteiger partial charge is 0.299 e. The van der Waals surface area contributed by atoms with Crippen LogP contribution in [-0.2, 0) is 11.2 Å². The number of ketones is 1. The molecule has 12 heavy (non-hydrogen) atoms. The third kappa shape index (κ3) is 1.40. The van der Waals surface area contributed by atoms with Crippen LogP contribution in [0.5, 0.6) is 0 Å². The highest BCUT2D eigenvalue weighted by Gasteiger charge is 2.27. The highest BCUT2D eigenvalue weighted by atomic mass is 16.1. The van der Waals surface area contributed by atoms with Crippen molar-refractivity contribution < 1.29 is 4.79 Å². The SMILES string of the molecule is O=C1CC[C@H]1Cc1ccccc1. The van der Waals surface area contributed by atoms with Crippen LogP contribution in [0.3, 0.4) is 0 Å². The number of hydrogen-bond donors (Lipinski definition) is 0. The molecule has 0 aliphatic heterocycles. The molecule has 0 radical (unpaired) electrons. The molecular formula is C11H12O. The minimum Gasteiger partial charge on any atom is -0.299 e. The van der Waals surface area contributed by atoms with E-state index in [4.69, 9.17) is 0 Å². The second-order valence-corrected chi connectivity index (χ2v) is 3.39. The Balaban J connectivity index is 2.00. The van der Waals surface area contributed by atoms with E-state index in [1.54, 1.807) is 0 Å². The van der Waals surface area contributed by atoms with E-state index in [2.05, 4.69) is 12.1 Å². The van der Waals surface area contributed by atoms with Crippen molar-refractivity contribution in [2.75, 3.05) is 0 Å². The zero-order valence-electron chi connectivity index (χ0n) is 6.99. The molecule has 0 heterocycles. The monoisotopic (exact) mass is 160 g/mol. The van der Waals surface area contributed by atoms with E-state index in [1.807, 2.05) is 18.2 Å². The predicted molar refractivity (Wildman–Crippen MR) is 47.9 cm³/mol. The first kappa shape index (κ1) is 7.53. The molecule has 1 aromatic rings. The van der Waals surface area contributed by atoms with Crippen molar-refractivity contribution in [3.63, 3.8) is 0 Å². The summed E-state index contributed by atoms with van der Waals surface area (Å²) < 4.78 is 0. The van der Waals surface area contributed by atoms with Gasteiger partial charge < -0.3 is 0 Å². The summed E-state index contributed by atoms with van der Waals surface area (Å²) in [6, 6.07) is 10.2. The fourth-order valence-corrected chi connectivity index (χ4v) is 1.58. The van der Waals surface area contributed by atoms with E-state index in [9.17, 15) is 4.79 Å². The lowest BCUT2D eigenvalue weighted by molar-refractivity contribution is -0.129. The molecule has 1 aromatic carbocycles.